The minimum Gasteiger partial charge on any atom is -0.352 e. The van der Waals surface area contributed by atoms with E-state index in [1.54, 1.807) is 0 Å². The highest BCUT2D eigenvalue weighted by molar-refractivity contribution is 5.81. The molecule has 3 N–H and O–H groups in total. The zero-order chi connectivity index (χ0) is 13.1. The van der Waals surface area contributed by atoms with Crippen LogP contribution >= 0.6 is 0 Å². The number of amides is 1. The van der Waals surface area contributed by atoms with E-state index in [2.05, 4.69) is 33.0 Å². The number of hydrogen-bond donors (Lipinski definition) is 2. The van der Waals surface area contributed by atoms with Crippen molar-refractivity contribution >= 4 is 5.91 Å². The van der Waals surface area contributed by atoms with Gasteiger partial charge in [-0.1, -0.05) is 27.7 Å². The van der Waals surface area contributed by atoms with E-state index >= 15 is 0 Å². The predicted molar refractivity (Wildman–Crippen MR) is 71.6 cm³/mol. The summed E-state index contributed by atoms with van der Waals surface area (Å²) in [6, 6.07) is -0.00123. The summed E-state index contributed by atoms with van der Waals surface area (Å²) in [4.78, 5) is 11.9. The van der Waals surface area contributed by atoms with Crippen LogP contribution in [0.15, 0.2) is 0 Å². The zero-order valence-electron chi connectivity index (χ0n) is 11.8. The van der Waals surface area contributed by atoms with Crippen LogP contribution < -0.4 is 11.1 Å². The number of carbonyl (C=O) groups excluding carboxylic acids is 1. The van der Waals surface area contributed by atoms with Gasteiger partial charge in [0.25, 0.3) is 0 Å². The molecule has 3 heteroatoms. The molecule has 0 aromatic carbocycles. The number of carbonyl (C=O) groups is 1. The van der Waals surface area contributed by atoms with Crippen molar-refractivity contribution in [1.29, 1.82) is 0 Å². The van der Waals surface area contributed by atoms with Crippen molar-refractivity contribution in [2.45, 2.75) is 71.9 Å². The molecule has 1 fully saturated rings. The predicted octanol–water partition coefficient (Wildman–Crippen LogP) is 2.44. The molecule has 0 saturated heterocycles. The standard InChI is InChI=1S/C14H28N2O/c1-10(2)9-12(15)13(17)16-11-5-7-14(3,4)8-6-11/h10-12H,5-9,15H2,1-4H3,(H,16,17)/t12-/m1/s1. The molecule has 100 valence electrons. The first-order valence-corrected chi connectivity index (χ1v) is 6.86. The van der Waals surface area contributed by atoms with Crippen molar-refractivity contribution in [3.63, 3.8) is 0 Å². The quantitative estimate of drug-likeness (QED) is 0.793. The van der Waals surface area contributed by atoms with Crippen LogP contribution in [-0.2, 0) is 4.79 Å². The summed E-state index contributed by atoms with van der Waals surface area (Å²) in [5.41, 5.74) is 6.32. The highest BCUT2D eigenvalue weighted by atomic mass is 16.2. The number of nitrogens with one attached hydrogen (secondary N) is 1. The van der Waals surface area contributed by atoms with Crippen LogP contribution in [-0.4, -0.2) is 18.0 Å². The average molecular weight is 240 g/mol. The van der Waals surface area contributed by atoms with Crippen molar-refractivity contribution in [2.75, 3.05) is 0 Å². The molecule has 1 aliphatic carbocycles. The molecule has 0 heterocycles. The molecule has 0 bridgehead atoms. The van der Waals surface area contributed by atoms with Crippen molar-refractivity contribution in [1.82, 2.24) is 5.32 Å². The minimum absolute atomic E-state index is 0.0309. The molecule has 0 spiro atoms. The van der Waals surface area contributed by atoms with Gasteiger partial charge >= 0.3 is 0 Å². The maximum absolute atomic E-state index is 11.9. The third-order valence-electron chi connectivity index (χ3n) is 3.75. The third kappa shape index (κ3) is 5.07. The molecule has 3 nitrogen and oxygen atoms in total. The summed E-state index contributed by atoms with van der Waals surface area (Å²) in [6.45, 7) is 8.79. The van der Waals surface area contributed by atoms with Crippen LogP contribution in [0, 0.1) is 11.3 Å². The Bertz CT molecular complexity index is 251. The SMILES string of the molecule is CC(C)C[C@@H](N)C(=O)NC1CCC(C)(C)CC1. The molecule has 0 aromatic heterocycles. The van der Waals surface area contributed by atoms with Crippen molar-refractivity contribution in [3.05, 3.63) is 0 Å². The monoisotopic (exact) mass is 240 g/mol. The van der Waals surface area contributed by atoms with Gasteiger partial charge in [-0.3, -0.25) is 4.79 Å². The first-order valence-electron chi connectivity index (χ1n) is 6.86. The summed E-state index contributed by atoms with van der Waals surface area (Å²) >= 11 is 0. The van der Waals surface area contributed by atoms with Gasteiger partial charge < -0.3 is 11.1 Å². The Morgan fingerprint density at radius 1 is 1.35 bits per heavy atom. The molecule has 17 heavy (non-hydrogen) atoms. The van der Waals surface area contributed by atoms with E-state index in [0.717, 1.165) is 19.3 Å². The van der Waals surface area contributed by atoms with Gasteiger partial charge in [-0.2, -0.15) is 0 Å². The summed E-state index contributed by atoms with van der Waals surface area (Å²) in [7, 11) is 0. The smallest absolute Gasteiger partial charge is 0.237 e. The molecular weight excluding hydrogens is 212 g/mol. The van der Waals surface area contributed by atoms with Gasteiger partial charge in [-0.25, -0.2) is 0 Å². The molecule has 0 radical (unpaired) electrons. The Balaban J connectivity index is 2.32. The van der Waals surface area contributed by atoms with E-state index in [1.807, 2.05) is 0 Å². The van der Waals surface area contributed by atoms with E-state index in [9.17, 15) is 4.79 Å². The lowest BCUT2D eigenvalue weighted by Crippen LogP contribution is -2.47. The van der Waals surface area contributed by atoms with E-state index in [0.29, 0.717) is 17.4 Å². The van der Waals surface area contributed by atoms with Crippen molar-refractivity contribution in [3.8, 4) is 0 Å². The Morgan fingerprint density at radius 3 is 2.35 bits per heavy atom. The first kappa shape index (κ1) is 14.5. The van der Waals surface area contributed by atoms with E-state index < -0.39 is 0 Å². The first-order chi connectivity index (χ1) is 7.80. The van der Waals surface area contributed by atoms with Gasteiger partial charge in [0.1, 0.15) is 0 Å². The minimum atomic E-state index is -0.343. The van der Waals surface area contributed by atoms with Crippen LogP contribution in [0.25, 0.3) is 0 Å². The Hall–Kier alpha value is -0.570. The summed E-state index contributed by atoms with van der Waals surface area (Å²) < 4.78 is 0. The molecule has 1 saturated carbocycles. The second-order valence-corrected chi connectivity index (χ2v) is 6.68. The van der Waals surface area contributed by atoms with Gasteiger partial charge in [0.05, 0.1) is 6.04 Å². The average Bonchev–Trinajstić information content (AvgIpc) is 2.20. The highest BCUT2D eigenvalue weighted by Crippen LogP contribution is 2.34. The molecule has 0 unspecified atom stereocenters. The highest BCUT2D eigenvalue weighted by Gasteiger charge is 2.28. The van der Waals surface area contributed by atoms with Crippen LogP contribution in [0.2, 0.25) is 0 Å². The molecule has 1 amide bonds. The molecular formula is C14H28N2O. The fourth-order valence-corrected chi connectivity index (χ4v) is 2.47. The number of nitrogens with two attached hydrogens (primary N) is 1. The summed E-state index contributed by atoms with van der Waals surface area (Å²) in [5, 5.41) is 3.10. The van der Waals surface area contributed by atoms with Gasteiger partial charge in [-0.05, 0) is 43.4 Å². The molecule has 0 aliphatic heterocycles. The van der Waals surface area contributed by atoms with E-state index in [4.69, 9.17) is 5.73 Å². The normalized spacial score (nSPS) is 22.5. The molecule has 1 aliphatic rings. The zero-order valence-corrected chi connectivity index (χ0v) is 11.8. The Morgan fingerprint density at radius 2 is 1.88 bits per heavy atom. The molecule has 1 rings (SSSR count). The Labute approximate surface area is 106 Å². The van der Waals surface area contributed by atoms with Crippen molar-refractivity contribution < 1.29 is 4.79 Å². The maximum atomic E-state index is 11.9. The lowest BCUT2D eigenvalue weighted by molar-refractivity contribution is -0.123. The molecule has 1 atom stereocenters. The largest absolute Gasteiger partial charge is 0.352 e. The number of rotatable bonds is 4. The second kappa shape index (κ2) is 5.85. The van der Waals surface area contributed by atoms with Gasteiger partial charge in [-0.15, -0.1) is 0 Å². The van der Waals surface area contributed by atoms with Crippen LogP contribution in [0.4, 0.5) is 0 Å². The second-order valence-electron chi connectivity index (χ2n) is 6.68. The summed E-state index contributed by atoms with van der Waals surface area (Å²) in [6.07, 6.45) is 5.33. The fourth-order valence-electron chi connectivity index (χ4n) is 2.47. The van der Waals surface area contributed by atoms with Crippen LogP contribution in [0.1, 0.15) is 59.8 Å². The number of hydrogen-bond acceptors (Lipinski definition) is 2. The van der Waals surface area contributed by atoms with E-state index in [1.165, 1.54) is 12.8 Å². The van der Waals surface area contributed by atoms with Crippen LogP contribution in [0.3, 0.4) is 0 Å². The Kier molecular flexibility index (Phi) is 4.99. The van der Waals surface area contributed by atoms with Crippen molar-refractivity contribution in [2.24, 2.45) is 17.1 Å². The lowest BCUT2D eigenvalue weighted by Gasteiger charge is -2.35. The van der Waals surface area contributed by atoms with Gasteiger partial charge in [0, 0.05) is 6.04 Å². The topological polar surface area (TPSA) is 55.1 Å². The summed E-state index contributed by atoms with van der Waals surface area (Å²) in [5.74, 6) is 0.504. The van der Waals surface area contributed by atoms with Gasteiger partial charge in [0.15, 0.2) is 0 Å². The third-order valence-corrected chi connectivity index (χ3v) is 3.75. The lowest BCUT2D eigenvalue weighted by atomic mass is 9.75. The molecule has 0 aromatic rings. The van der Waals surface area contributed by atoms with E-state index in [-0.39, 0.29) is 11.9 Å². The fraction of sp³-hybridized carbons (Fsp3) is 0.929. The maximum Gasteiger partial charge on any atom is 0.237 e. The van der Waals surface area contributed by atoms with Crippen LogP contribution in [0.5, 0.6) is 0 Å². The van der Waals surface area contributed by atoms with Gasteiger partial charge in [0.2, 0.25) is 5.91 Å².